The summed E-state index contributed by atoms with van der Waals surface area (Å²) in [6.45, 7) is 5.70. The largest absolute Gasteiger partial charge is 0.354 e. The van der Waals surface area contributed by atoms with Crippen molar-refractivity contribution in [2.24, 2.45) is 13.0 Å². The normalized spacial score (nSPS) is 18.8. The van der Waals surface area contributed by atoms with Crippen molar-refractivity contribution in [1.82, 2.24) is 40.2 Å². The Balaban J connectivity index is 1.51. The van der Waals surface area contributed by atoms with Gasteiger partial charge in [0.1, 0.15) is 6.04 Å². The minimum Gasteiger partial charge on any atom is -0.354 e. The van der Waals surface area contributed by atoms with Gasteiger partial charge in [0.25, 0.3) is 5.91 Å². The molecular formula is C31H44N8O5. The molecule has 0 aliphatic carbocycles. The average molecular weight is 609 g/mol. The second kappa shape index (κ2) is 15.3. The van der Waals surface area contributed by atoms with Crippen molar-refractivity contribution in [3.63, 3.8) is 0 Å². The predicted molar refractivity (Wildman–Crippen MR) is 166 cm³/mol. The minimum atomic E-state index is -0.686. The summed E-state index contributed by atoms with van der Waals surface area (Å²) in [6, 6.07) is 6.26. The summed E-state index contributed by atoms with van der Waals surface area (Å²) in [5.74, 6) is -0.899. The van der Waals surface area contributed by atoms with Crippen molar-refractivity contribution in [3.05, 3.63) is 52.2 Å². The predicted octanol–water partition coefficient (Wildman–Crippen LogP) is 1.48. The fraction of sp³-hybridized carbons (Fsp3) is 0.548. The number of nitrogens with zero attached hydrogens (tertiary/aromatic N) is 4. The Kier molecular flexibility index (Phi) is 11.3. The maximum absolute atomic E-state index is 13.2. The lowest BCUT2D eigenvalue weighted by Crippen LogP contribution is -2.50. The number of amides is 4. The van der Waals surface area contributed by atoms with E-state index in [0.29, 0.717) is 87.8 Å². The summed E-state index contributed by atoms with van der Waals surface area (Å²) < 4.78 is 3.30. The lowest BCUT2D eigenvalue weighted by atomic mass is 9.98. The number of aromatic nitrogens is 4. The van der Waals surface area contributed by atoms with Gasteiger partial charge in [0.2, 0.25) is 17.7 Å². The first-order valence-electron chi connectivity index (χ1n) is 15.5. The lowest BCUT2D eigenvalue weighted by Gasteiger charge is -2.25. The monoisotopic (exact) mass is 608 g/mol. The first kappa shape index (κ1) is 32.5. The van der Waals surface area contributed by atoms with Gasteiger partial charge in [0.05, 0.1) is 11.0 Å². The van der Waals surface area contributed by atoms with Crippen LogP contribution < -0.4 is 21.6 Å². The topological polar surface area (TPSA) is 163 Å². The quantitative estimate of drug-likeness (QED) is 0.343. The summed E-state index contributed by atoms with van der Waals surface area (Å²) in [7, 11) is 1.84. The SMILES string of the molecule is CC[C@H](C)[C@@H]1NC(=O)CCCN(C(=O)CCc2ccnn2C)CCCNC(=O)c2ccc3[nH]c(=O)n(c3c2)CCCNC1=O. The fourth-order valence-electron chi connectivity index (χ4n) is 5.43. The van der Waals surface area contributed by atoms with E-state index in [1.54, 1.807) is 38.5 Å². The van der Waals surface area contributed by atoms with Crippen molar-refractivity contribution in [1.29, 1.82) is 0 Å². The fourth-order valence-corrected chi connectivity index (χ4v) is 5.43. The third kappa shape index (κ3) is 8.35. The Hall–Kier alpha value is -4.42. The van der Waals surface area contributed by atoms with E-state index < -0.39 is 6.04 Å². The summed E-state index contributed by atoms with van der Waals surface area (Å²) in [5.41, 5.74) is 2.31. The van der Waals surface area contributed by atoms with Gasteiger partial charge < -0.3 is 25.8 Å². The number of aromatic amines is 1. The van der Waals surface area contributed by atoms with Crippen LogP contribution in [0.5, 0.6) is 0 Å². The first-order valence-corrected chi connectivity index (χ1v) is 15.5. The molecule has 0 fully saturated rings. The lowest BCUT2D eigenvalue weighted by molar-refractivity contribution is -0.132. The van der Waals surface area contributed by atoms with Crippen LogP contribution in [0, 0.1) is 5.92 Å². The Morgan fingerprint density at radius 1 is 1.02 bits per heavy atom. The third-order valence-electron chi connectivity index (χ3n) is 8.30. The van der Waals surface area contributed by atoms with Crippen LogP contribution >= 0.6 is 0 Å². The number of fused-ring (bicyclic) bond motifs is 1. The van der Waals surface area contributed by atoms with E-state index in [0.717, 1.165) is 5.69 Å². The zero-order chi connectivity index (χ0) is 31.6. The highest BCUT2D eigenvalue weighted by Crippen LogP contribution is 2.14. The van der Waals surface area contributed by atoms with Crippen LogP contribution in [0.25, 0.3) is 11.0 Å². The molecule has 0 saturated heterocycles. The molecule has 4 rings (SSSR count). The molecule has 2 atom stereocenters. The first-order chi connectivity index (χ1) is 21.2. The summed E-state index contributed by atoms with van der Waals surface area (Å²) >= 11 is 0. The van der Waals surface area contributed by atoms with Gasteiger partial charge >= 0.3 is 5.69 Å². The summed E-state index contributed by atoms with van der Waals surface area (Å²) in [6.07, 6.45) is 4.87. The van der Waals surface area contributed by atoms with Crippen molar-refractivity contribution >= 4 is 34.7 Å². The van der Waals surface area contributed by atoms with E-state index in [4.69, 9.17) is 0 Å². The number of rotatable bonds is 5. The van der Waals surface area contributed by atoms with Crippen LogP contribution in [-0.4, -0.2) is 80.1 Å². The zero-order valence-corrected chi connectivity index (χ0v) is 25.9. The van der Waals surface area contributed by atoms with E-state index in [1.807, 2.05) is 27.0 Å². The maximum atomic E-state index is 13.2. The van der Waals surface area contributed by atoms with Gasteiger partial charge in [-0.2, -0.15) is 5.10 Å². The number of imidazole rings is 1. The molecule has 3 aromatic rings. The standard InChI is InChI=1S/C31H44N8O5/c1-4-21(2)28-30(43)33-15-7-19-39-25-20-22(9-11-24(25)35-31(39)44)29(42)32-14-6-18-38(17-5-8-26(40)36-28)27(41)12-10-23-13-16-34-37(23)3/h9,11,13,16,20-21,28H,4-8,10,12,14-15,17-19H2,1-3H3,(H,32,42)(H,33,43)(H,35,44)(H,36,40)/t21-,28-/m0/s1. The molecule has 1 aliphatic rings. The number of hydrogen-bond donors (Lipinski definition) is 4. The molecule has 1 aliphatic heterocycles. The molecule has 2 bridgehead atoms. The van der Waals surface area contributed by atoms with Crippen LogP contribution in [-0.2, 0) is 34.4 Å². The molecule has 0 radical (unpaired) electrons. The Morgan fingerprint density at radius 2 is 1.77 bits per heavy atom. The highest BCUT2D eigenvalue weighted by atomic mass is 16.2. The molecular weight excluding hydrogens is 564 g/mol. The molecule has 4 amide bonds. The van der Waals surface area contributed by atoms with Gasteiger partial charge in [-0.25, -0.2) is 4.79 Å². The molecule has 238 valence electrons. The van der Waals surface area contributed by atoms with Crippen LogP contribution in [0.2, 0.25) is 0 Å². The van der Waals surface area contributed by atoms with Crippen LogP contribution in [0.4, 0.5) is 0 Å². The highest BCUT2D eigenvalue weighted by molar-refractivity contribution is 5.97. The molecule has 0 saturated carbocycles. The second-order valence-electron chi connectivity index (χ2n) is 11.4. The Bertz CT molecular complexity index is 1520. The van der Waals surface area contributed by atoms with E-state index in [-0.39, 0.29) is 41.7 Å². The van der Waals surface area contributed by atoms with Crippen molar-refractivity contribution < 1.29 is 19.2 Å². The van der Waals surface area contributed by atoms with Crippen molar-refractivity contribution in [2.75, 3.05) is 26.2 Å². The smallest absolute Gasteiger partial charge is 0.326 e. The van der Waals surface area contributed by atoms with Crippen molar-refractivity contribution in [2.45, 2.75) is 71.4 Å². The average Bonchev–Trinajstić information content (AvgIpc) is 3.57. The molecule has 13 nitrogen and oxygen atoms in total. The molecule has 1 aromatic carbocycles. The molecule has 2 aromatic heterocycles. The molecule has 13 heteroatoms. The van der Waals surface area contributed by atoms with Gasteiger partial charge in [0.15, 0.2) is 0 Å². The van der Waals surface area contributed by atoms with Crippen LogP contribution in [0.15, 0.2) is 35.3 Å². The van der Waals surface area contributed by atoms with Gasteiger partial charge in [0, 0.05) is 70.1 Å². The Morgan fingerprint density at radius 3 is 2.52 bits per heavy atom. The van der Waals surface area contributed by atoms with Crippen LogP contribution in [0.1, 0.15) is 68.4 Å². The highest BCUT2D eigenvalue weighted by Gasteiger charge is 2.26. The number of hydrogen-bond acceptors (Lipinski definition) is 6. The van der Waals surface area contributed by atoms with Gasteiger partial charge in [-0.15, -0.1) is 0 Å². The number of nitrogens with one attached hydrogen (secondary N) is 4. The number of carbonyl (C=O) groups excluding carboxylic acids is 4. The van der Waals surface area contributed by atoms with Crippen molar-refractivity contribution in [3.8, 4) is 0 Å². The number of benzene rings is 1. The van der Waals surface area contributed by atoms with Gasteiger partial charge in [-0.1, -0.05) is 20.3 Å². The third-order valence-corrected chi connectivity index (χ3v) is 8.30. The van der Waals surface area contributed by atoms with Gasteiger partial charge in [-0.3, -0.25) is 28.4 Å². The van der Waals surface area contributed by atoms with E-state index in [9.17, 15) is 24.0 Å². The molecule has 0 spiro atoms. The molecule has 0 unspecified atom stereocenters. The van der Waals surface area contributed by atoms with E-state index >= 15 is 0 Å². The van der Waals surface area contributed by atoms with E-state index in [2.05, 4.69) is 26.0 Å². The molecule has 3 heterocycles. The summed E-state index contributed by atoms with van der Waals surface area (Å²) in [4.78, 5) is 69.4. The second-order valence-corrected chi connectivity index (χ2v) is 11.4. The maximum Gasteiger partial charge on any atom is 0.326 e. The van der Waals surface area contributed by atoms with Gasteiger partial charge in [-0.05, 0) is 55.9 Å². The summed E-state index contributed by atoms with van der Waals surface area (Å²) in [5, 5.41) is 12.9. The van der Waals surface area contributed by atoms with E-state index in [1.165, 1.54) is 0 Å². The Labute approximate surface area is 256 Å². The van der Waals surface area contributed by atoms with Crippen LogP contribution in [0.3, 0.4) is 0 Å². The molecule has 44 heavy (non-hydrogen) atoms. The minimum absolute atomic E-state index is 0.0379. The number of carbonyl (C=O) groups is 4. The molecule has 4 N–H and O–H groups in total. The number of aryl methyl sites for hydroxylation is 3. The zero-order valence-electron chi connectivity index (χ0n) is 25.9. The number of H-pyrrole nitrogens is 1.